The number of carbonyl (C=O) groups excluding carboxylic acids is 1. The minimum atomic E-state index is -4.59. The topological polar surface area (TPSA) is 101 Å². The van der Waals surface area contributed by atoms with E-state index >= 15 is 0 Å². The molecular weight excluding hydrogens is 455 g/mol. The van der Waals surface area contributed by atoms with Crippen LogP contribution in [0.1, 0.15) is 28.8 Å². The summed E-state index contributed by atoms with van der Waals surface area (Å²) in [6.45, 7) is 3.00. The third kappa shape index (κ3) is 5.52. The zero-order valence-corrected chi connectivity index (χ0v) is 17.8. The van der Waals surface area contributed by atoms with Gasteiger partial charge in [-0.15, -0.1) is 11.3 Å². The maximum Gasteiger partial charge on any atom is 0.416 e. The molecule has 0 atom stereocenters. The van der Waals surface area contributed by atoms with Gasteiger partial charge in [0.2, 0.25) is 5.91 Å². The summed E-state index contributed by atoms with van der Waals surface area (Å²) in [5, 5.41) is 6.37. The fraction of sp³-hybridized carbons (Fsp3) is 0.158. The first-order chi connectivity index (χ1) is 14.5. The van der Waals surface area contributed by atoms with Crippen LogP contribution < -0.4 is 10.0 Å². The number of nitrogens with zero attached hydrogens (tertiary/aromatic N) is 1. The number of rotatable bonds is 6. The third-order valence-corrected chi connectivity index (χ3v) is 6.82. The van der Waals surface area contributed by atoms with Crippen molar-refractivity contribution in [1.82, 2.24) is 5.16 Å². The molecule has 12 heteroatoms. The normalized spacial score (nSPS) is 12.3. The van der Waals surface area contributed by atoms with Crippen LogP contribution >= 0.6 is 11.3 Å². The van der Waals surface area contributed by atoms with E-state index in [4.69, 9.17) is 4.52 Å². The van der Waals surface area contributed by atoms with Gasteiger partial charge in [0, 0.05) is 17.5 Å². The zero-order chi connectivity index (χ0) is 22.8. The highest BCUT2D eigenvalue weighted by Crippen LogP contribution is 2.32. The molecule has 0 bridgehead atoms. The minimum absolute atomic E-state index is 0.0830. The molecular formula is C19H16F3N3O4S2. The lowest BCUT2D eigenvalue weighted by Gasteiger charge is -2.10. The molecule has 7 nitrogen and oxygen atoms in total. The first-order valence-electron chi connectivity index (χ1n) is 8.67. The number of hydrogen-bond acceptors (Lipinski definition) is 6. The van der Waals surface area contributed by atoms with Gasteiger partial charge in [-0.3, -0.25) is 9.52 Å². The molecule has 2 heterocycles. The van der Waals surface area contributed by atoms with Crippen molar-refractivity contribution in [2.45, 2.75) is 24.2 Å². The van der Waals surface area contributed by atoms with Crippen LogP contribution in [0.5, 0.6) is 0 Å². The summed E-state index contributed by atoms with van der Waals surface area (Å²) < 4.78 is 70.8. The van der Waals surface area contributed by atoms with E-state index in [0.29, 0.717) is 16.3 Å². The molecule has 31 heavy (non-hydrogen) atoms. The van der Waals surface area contributed by atoms with Crippen LogP contribution in [0.15, 0.2) is 45.1 Å². The van der Waals surface area contributed by atoms with Crippen molar-refractivity contribution in [3.63, 3.8) is 0 Å². The molecule has 0 aliphatic heterocycles. The van der Waals surface area contributed by atoms with Crippen molar-refractivity contribution in [2.24, 2.45) is 0 Å². The largest absolute Gasteiger partial charge is 0.416 e. The quantitative estimate of drug-likeness (QED) is 0.527. The smallest absolute Gasteiger partial charge is 0.354 e. The highest BCUT2D eigenvalue weighted by molar-refractivity contribution is 7.94. The van der Waals surface area contributed by atoms with Crippen molar-refractivity contribution in [3.8, 4) is 0 Å². The number of carbonyl (C=O) groups is 1. The van der Waals surface area contributed by atoms with Gasteiger partial charge in [0.1, 0.15) is 15.6 Å². The molecule has 0 spiro atoms. The monoisotopic (exact) mass is 471 g/mol. The van der Waals surface area contributed by atoms with E-state index in [1.807, 2.05) is 0 Å². The number of anilines is 2. The summed E-state index contributed by atoms with van der Waals surface area (Å²) >= 11 is 0.906. The summed E-state index contributed by atoms with van der Waals surface area (Å²) in [5.74, 6) is -0.0151. The van der Waals surface area contributed by atoms with Gasteiger partial charge < -0.3 is 9.84 Å². The molecule has 3 aromatic rings. The summed E-state index contributed by atoms with van der Waals surface area (Å²) in [7, 11) is -4.08. The predicted molar refractivity (Wildman–Crippen MR) is 111 cm³/mol. The molecule has 0 fully saturated rings. The van der Waals surface area contributed by atoms with Crippen molar-refractivity contribution in [2.75, 3.05) is 10.0 Å². The fourth-order valence-corrected chi connectivity index (χ4v) is 4.80. The molecule has 0 radical (unpaired) electrons. The number of hydrogen-bond donors (Lipinski definition) is 2. The zero-order valence-electron chi connectivity index (χ0n) is 16.1. The van der Waals surface area contributed by atoms with Gasteiger partial charge in [-0.2, -0.15) is 13.2 Å². The van der Waals surface area contributed by atoms with E-state index in [1.165, 1.54) is 31.2 Å². The van der Waals surface area contributed by atoms with Gasteiger partial charge in [0.05, 0.1) is 5.56 Å². The molecule has 1 aromatic carbocycles. The number of amides is 1. The van der Waals surface area contributed by atoms with Gasteiger partial charge in [-0.1, -0.05) is 11.2 Å². The number of thiophene rings is 1. The Kier molecular flexibility index (Phi) is 6.23. The standard InChI is InChI=1S/C19H16F3N3O4S2/c1-11-18(23-12(2)26)16(29-24-11)8-6-15-7-9-17(30-15)31(27,28)25-14-5-3-4-13(10-14)19(20,21)22/h3-10,25H,1-2H3,(H,23,26)/b8-6+. The Morgan fingerprint density at radius 3 is 2.61 bits per heavy atom. The Morgan fingerprint density at radius 2 is 1.94 bits per heavy atom. The number of sulfonamides is 1. The Morgan fingerprint density at radius 1 is 1.19 bits per heavy atom. The Bertz CT molecular complexity index is 1240. The minimum Gasteiger partial charge on any atom is -0.354 e. The fourth-order valence-electron chi connectivity index (χ4n) is 2.52. The van der Waals surface area contributed by atoms with Crippen molar-refractivity contribution in [3.05, 3.63) is 58.3 Å². The van der Waals surface area contributed by atoms with Crippen molar-refractivity contribution >= 4 is 50.8 Å². The number of aromatic nitrogens is 1. The SMILES string of the molecule is CC(=O)Nc1c(C)noc1/C=C/c1ccc(S(=O)(=O)Nc2cccc(C(F)(F)F)c2)s1. The van der Waals surface area contributed by atoms with Crippen LogP contribution in [0, 0.1) is 6.92 Å². The molecule has 0 saturated heterocycles. The molecule has 2 aromatic heterocycles. The van der Waals surface area contributed by atoms with Gasteiger partial charge in [-0.05, 0) is 49.4 Å². The van der Waals surface area contributed by atoms with Gasteiger partial charge in [0.15, 0.2) is 5.76 Å². The van der Waals surface area contributed by atoms with Gasteiger partial charge >= 0.3 is 6.18 Å². The van der Waals surface area contributed by atoms with E-state index in [9.17, 15) is 26.4 Å². The van der Waals surface area contributed by atoms with E-state index in [2.05, 4.69) is 15.2 Å². The van der Waals surface area contributed by atoms with Crippen LogP contribution in [0.4, 0.5) is 24.5 Å². The average Bonchev–Trinajstić information content (AvgIpc) is 3.27. The second kappa shape index (κ2) is 8.55. The van der Waals surface area contributed by atoms with Crippen LogP contribution in [0.25, 0.3) is 12.2 Å². The van der Waals surface area contributed by atoms with E-state index in [0.717, 1.165) is 29.5 Å². The molecule has 2 N–H and O–H groups in total. The number of aryl methyl sites for hydroxylation is 1. The summed E-state index contributed by atoms with van der Waals surface area (Å²) in [6.07, 6.45) is -1.50. The lowest BCUT2D eigenvalue weighted by Crippen LogP contribution is -2.12. The van der Waals surface area contributed by atoms with Crippen LogP contribution in [0.2, 0.25) is 0 Å². The number of alkyl halides is 3. The van der Waals surface area contributed by atoms with Gasteiger partial charge in [-0.25, -0.2) is 8.42 Å². The first-order valence-corrected chi connectivity index (χ1v) is 11.0. The van der Waals surface area contributed by atoms with E-state index < -0.39 is 21.8 Å². The molecule has 164 valence electrons. The number of halogens is 3. The summed E-state index contributed by atoms with van der Waals surface area (Å²) in [4.78, 5) is 11.8. The predicted octanol–water partition coefficient (Wildman–Crippen LogP) is 4.99. The van der Waals surface area contributed by atoms with Crippen molar-refractivity contribution < 1.29 is 30.9 Å². The highest BCUT2D eigenvalue weighted by Gasteiger charge is 2.30. The number of benzene rings is 1. The van der Waals surface area contributed by atoms with E-state index in [-0.39, 0.29) is 21.6 Å². The van der Waals surface area contributed by atoms with Crippen LogP contribution in [-0.2, 0) is 21.0 Å². The van der Waals surface area contributed by atoms with Crippen LogP contribution in [-0.4, -0.2) is 19.5 Å². The maximum absolute atomic E-state index is 12.8. The molecule has 0 aliphatic carbocycles. The Balaban J connectivity index is 1.79. The average molecular weight is 471 g/mol. The highest BCUT2D eigenvalue weighted by atomic mass is 32.2. The molecule has 1 amide bonds. The summed E-state index contributed by atoms with van der Waals surface area (Å²) in [5.41, 5.74) is -0.272. The third-order valence-electron chi connectivity index (χ3n) is 3.90. The first kappa shape index (κ1) is 22.6. The molecule has 0 unspecified atom stereocenters. The maximum atomic E-state index is 12.8. The van der Waals surface area contributed by atoms with E-state index in [1.54, 1.807) is 13.0 Å². The second-order valence-electron chi connectivity index (χ2n) is 6.36. The molecule has 3 rings (SSSR count). The van der Waals surface area contributed by atoms with Gasteiger partial charge in [0.25, 0.3) is 10.0 Å². The lowest BCUT2D eigenvalue weighted by molar-refractivity contribution is -0.137. The summed E-state index contributed by atoms with van der Waals surface area (Å²) in [6, 6.07) is 6.80. The van der Waals surface area contributed by atoms with Crippen LogP contribution in [0.3, 0.4) is 0 Å². The molecule has 0 saturated carbocycles. The van der Waals surface area contributed by atoms with Crippen molar-refractivity contribution in [1.29, 1.82) is 0 Å². The Hall–Kier alpha value is -3.12. The Labute approximate surface area is 179 Å². The second-order valence-corrected chi connectivity index (χ2v) is 9.39. The molecule has 0 aliphatic rings. The lowest BCUT2D eigenvalue weighted by atomic mass is 10.2. The number of nitrogens with one attached hydrogen (secondary N) is 2.